The smallest absolute Gasteiger partial charge is 0.295 e. The van der Waals surface area contributed by atoms with E-state index in [9.17, 15) is 8.42 Å². The van der Waals surface area contributed by atoms with Crippen LogP contribution < -0.4 is 0 Å². The summed E-state index contributed by atoms with van der Waals surface area (Å²) >= 11 is 0. The third kappa shape index (κ3) is 2.16. The molecule has 1 aromatic heterocycles. The first-order chi connectivity index (χ1) is 6.98. The van der Waals surface area contributed by atoms with E-state index in [1.54, 1.807) is 10.8 Å². The van der Waals surface area contributed by atoms with Gasteiger partial charge in [-0.05, 0) is 20.0 Å². The average Bonchev–Trinajstić information content (AvgIpc) is 2.68. The van der Waals surface area contributed by atoms with Gasteiger partial charge in [0.2, 0.25) is 5.16 Å². The average molecular weight is 250 g/mol. The Morgan fingerprint density at radius 3 is 2.87 bits per heavy atom. The van der Waals surface area contributed by atoms with Gasteiger partial charge in [-0.1, -0.05) is 0 Å². The lowest BCUT2D eigenvalue weighted by Gasteiger charge is -2.13. The van der Waals surface area contributed by atoms with Gasteiger partial charge >= 0.3 is 0 Å². The van der Waals surface area contributed by atoms with Crippen molar-refractivity contribution in [3.8, 4) is 0 Å². The summed E-state index contributed by atoms with van der Waals surface area (Å²) < 4.78 is 24.1. The normalized spacial score (nSPS) is 23.5. The van der Waals surface area contributed by atoms with Gasteiger partial charge in [-0.3, -0.25) is 0 Å². The van der Waals surface area contributed by atoms with Crippen LogP contribution in [0.1, 0.15) is 12.5 Å². The minimum Gasteiger partial charge on any atom is -0.316 e. The van der Waals surface area contributed by atoms with Crippen LogP contribution in [0.2, 0.25) is 0 Å². The zero-order chi connectivity index (χ0) is 11.1. The Bertz CT molecular complexity index is 456. The summed E-state index contributed by atoms with van der Waals surface area (Å²) in [5.74, 6) is 0. The first-order valence-electron chi connectivity index (χ1n) is 4.64. The summed E-state index contributed by atoms with van der Waals surface area (Å²) in [4.78, 5) is 5.93. The molecule has 1 atom stereocenters. The lowest BCUT2D eigenvalue weighted by atomic mass is 10.3. The molecule has 5 nitrogen and oxygen atoms in total. The second-order valence-electron chi connectivity index (χ2n) is 3.76. The van der Waals surface area contributed by atoms with Crippen LogP contribution in [0.25, 0.3) is 0 Å². The summed E-state index contributed by atoms with van der Waals surface area (Å²) in [5.41, 5.74) is 0. The van der Waals surface area contributed by atoms with Crippen LogP contribution in [0.4, 0.5) is 0 Å². The van der Waals surface area contributed by atoms with Crippen molar-refractivity contribution in [1.82, 2.24) is 14.5 Å². The van der Waals surface area contributed by atoms with Crippen molar-refractivity contribution < 1.29 is 8.42 Å². The van der Waals surface area contributed by atoms with Crippen LogP contribution in [0.15, 0.2) is 17.6 Å². The Morgan fingerprint density at radius 2 is 2.33 bits per heavy atom. The third-order valence-electron chi connectivity index (χ3n) is 2.61. The number of imidazole rings is 1. The van der Waals surface area contributed by atoms with Gasteiger partial charge < -0.3 is 9.47 Å². The Hall–Kier alpha value is -0.590. The summed E-state index contributed by atoms with van der Waals surface area (Å²) in [6.45, 7) is 1.79. The Labute approximate surface area is 93.1 Å². The highest BCUT2D eigenvalue weighted by atomic mass is 35.7. The number of rotatable bonds is 2. The second kappa shape index (κ2) is 3.77. The first-order valence-corrected chi connectivity index (χ1v) is 6.95. The maximum Gasteiger partial charge on any atom is 0.295 e. The lowest BCUT2D eigenvalue weighted by molar-refractivity contribution is 0.384. The molecule has 0 bridgehead atoms. The standard InChI is InChI=1S/C8H12ClN3O2S/c1-11-4-2-7(6-11)12-5-3-10-8(12)15(9,13)14/h3,5,7H,2,4,6H2,1H3. The van der Waals surface area contributed by atoms with Gasteiger partial charge in [-0.25, -0.2) is 13.4 Å². The fourth-order valence-corrected chi connectivity index (χ4v) is 2.91. The van der Waals surface area contributed by atoms with Crippen molar-refractivity contribution in [3.05, 3.63) is 12.4 Å². The number of hydrogen-bond acceptors (Lipinski definition) is 4. The molecule has 1 aliphatic rings. The molecule has 0 saturated carbocycles. The third-order valence-corrected chi connectivity index (χ3v) is 3.78. The van der Waals surface area contributed by atoms with E-state index in [-0.39, 0.29) is 11.2 Å². The first kappa shape index (κ1) is 10.9. The molecule has 84 valence electrons. The molecule has 0 aliphatic carbocycles. The van der Waals surface area contributed by atoms with Gasteiger partial charge in [0.15, 0.2) is 0 Å². The molecular formula is C8H12ClN3O2S. The zero-order valence-corrected chi connectivity index (χ0v) is 9.87. The van der Waals surface area contributed by atoms with Crippen LogP contribution >= 0.6 is 10.7 Å². The number of likely N-dealkylation sites (N-methyl/N-ethyl adjacent to an activating group) is 1. The predicted octanol–water partition coefficient (Wildman–Crippen LogP) is 0.687. The quantitative estimate of drug-likeness (QED) is 0.724. The van der Waals surface area contributed by atoms with Gasteiger partial charge in [0.25, 0.3) is 9.05 Å². The summed E-state index contributed by atoms with van der Waals surface area (Å²) in [7, 11) is 3.56. The van der Waals surface area contributed by atoms with E-state index in [0.29, 0.717) is 0 Å². The fourth-order valence-electron chi connectivity index (χ4n) is 1.90. The maximum atomic E-state index is 11.2. The van der Waals surface area contributed by atoms with E-state index in [0.717, 1.165) is 19.5 Å². The Morgan fingerprint density at radius 1 is 1.60 bits per heavy atom. The fraction of sp³-hybridized carbons (Fsp3) is 0.625. The largest absolute Gasteiger partial charge is 0.316 e. The van der Waals surface area contributed by atoms with E-state index >= 15 is 0 Å². The zero-order valence-electron chi connectivity index (χ0n) is 8.30. The molecule has 1 aromatic rings. The number of aromatic nitrogens is 2. The molecule has 7 heteroatoms. The molecule has 0 N–H and O–H groups in total. The molecular weight excluding hydrogens is 238 g/mol. The van der Waals surface area contributed by atoms with Crippen molar-refractivity contribution in [1.29, 1.82) is 0 Å². The van der Waals surface area contributed by atoms with Gasteiger partial charge in [0, 0.05) is 35.7 Å². The summed E-state index contributed by atoms with van der Waals surface area (Å²) in [6.07, 6.45) is 4.05. The molecule has 1 fully saturated rings. The molecule has 1 aliphatic heterocycles. The molecule has 15 heavy (non-hydrogen) atoms. The SMILES string of the molecule is CN1CCC(n2ccnc2S(=O)(=O)Cl)C1. The van der Waals surface area contributed by atoms with E-state index in [4.69, 9.17) is 10.7 Å². The van der Waals surface area contributed by atoms with E-state index in [1.165, 1.54) is 6.20 Å². The maximum absolute atomic E-state index is 11.2. The highest BCUT2D eigenvalue weighted by Gasteiger charge is 2.26. The second-order valence-corrected chi connectivity index (χ2v) is 6.22. The van der Waals surface area contributed by atoms with E-state index in [1.807, 2.05) is 7.05 Å². The monoisotopic (exact) mass is 249 g/mol. The highest BCUT2D eigenvalue weighted by Crippen LogP contribution is 2.24. The van der Waals surface area contributed by atoms with E-state index in [2.05, 4.69) is 9.88 Å². The predicted molar refractivity (Wildman–Crippen MR) is 56.4 cm³/mol. The van der Waals surface area contributed by atoms with Crippen LogP contribution in [0.5, 0.6) is 0 Å². The van der Waals surface area contributed by atoms with E-state index < -0.39 is 9.05 Å². The van der Waals surface area contributed by atoms with Gasteiger partial charge in [0.1, 0.15) is 0 Å². The Balaban J connectivity index is 2.34. The van der Waals surface area contributed by atoms with Crippen LogP contribution in [-0.2, 0) is 9.05 Å². The number of hydrogen-bond donors (Lipinski definition) is 0. The molecule has 2 heterocycles. The number of likely N-dealkylation sites (tertiary alicyclic amines) is 1. The summed E-state index contributed by atoms with van der Waals surface area (Å²) in [5, 5.41) is -0.0514. The van der Waals surface area contributed by atoms with Crippen LogP contribution in [-0.4, -0.2) is 43.0 Å². The minimum atomic E-state index is -3.74. The number of nitrogens with zero attached hydrogens (tertiary/aromatic N) is 3. The van der Waals surface area contributed by atoms with Crippen molar-refractivity contribution in [2.75, 3.05) is 20.1 Å². The molecule has 1 unspecified atom stereocenters. The highest BCUT2D eigenvalue weighted by molar-refractivity contribution is 8.13. The van der Waals surface area contributed by atoms with Gasteiger partial charge in [-0.15, -0.1) is 0 Å². The molecule has 0 spiro atoms. The van der Waals surface area contributed by atoms with Crippen LogP contribution in [0, 0.1) is 0 Å². The molecule has 2 rings (SSSR count). The van der Waals surface area contributed by atoms with Crippen molar-refractivity contribution in [3.63, 3.8) is 0 Å². The van der Waals surface area contributed by atoms with Gasteiger partial charge in [-0.2, -0.15) is 0 Å². The number of halogens is 1. The lowest BCUT2D eigenvalue weighted by Crippen LogP contribution is -2.18. The van der Waals surface area contributed by atoms with Crippen LogP contribution in [0.3, 0.4) is 0 Å². The van der Waals surface area contributed by atoms with Crippen molar-refractivity contribution >= 4 is 19.7 Å². The minimum absolute atomic E-state index is 0.0514. The van der Waals surface area contributed by atoms with Crippen molar-refractivity contribution in [2.45, 2.75) is 17.6 Å². The van der Waals surface area contributed by atoms with Gasteiger partial charge in [0.05, 0.1) is 0 Å². The Kier molecular flexibility index (Phi) is 2.74. The molecule has 0 aromatic carbocycles. The topological polar surface area (TPSA) is 55.2 Å². The summed E-state index contributed by atoms with van der Waals surface area (Å²) in [6, 6.07) is 0.154. The molecule has 1 saturated heterocycles. The van der Waals surface area contributed by atoms with Crippen molar-refractivity contribution in [2.24, 2.45) is 0 Å². The molecule has 0 amide bonds. The molecule has 0 radical (unpaired) electrons.